The predicted octanol–water partition coefficient (Wildman–Crippen LogP) is 1.19. The third kappa shape index (κ3) is 5.15. The molecule has 1 amide bonds. The zero-order chi connectivity index (χ0) is 21.0. The number of hydrogen-bond acceptors (Lipinski definition) is 6. The summed E-state index contributed by atoms with van der Waals surface area (Å²) in [5.74, 6) is -1.06. The second-order valence-corrected chi connectivity index (χ2v) is 9.45. The van der Waals surface area contributed by atoms with Crippen molar-refractivity contribution in [1.29, 1.82) is 0 Å². The van der Waals surface area contributed by atoms with Gasteiger partial charge >= 0.3 is 5.97 Å². The molecule has 2 aliphatic rings. The Kier molecular flexibility index (Phi) is 6.92. The van der Waals surface area contributed by atoms with Crippen LogP contribution in [0, 0.1) is 12.8 Å². The topological polar surface area (TPSA) is 93.2 Å². The van der Waals surface area contributed by atoms with Crippen LogP contribution < -0.4 is 0 Å². The highest BCUT2D eigenvalue weighted by molar-refractivity contribution is 7.89. The molecule has 2 saturated heterocycles. The fraction of sp³-hybridized carbons (Fsp3) is 0.600. The van der Waals surface area contributed by atoms with Gasteiger partial charge in [0.15, 0.2) is 6.10 Å². The minimum Gasteiger partial charge on any atom is -0.452 e. The summed E-state index contributed by atoms with van der Waals surface area (Å²) in [5.41, 5.74) is 0.992. The van der Waals surface area contributed by atoms with Gasteiger partial charge in [0.2, 0.25) is 10.0 Å². The molecule has 0 unspecified atom stereocenters. The first-order valence-corrected chi connectivity index (χ1v) is 11.4. The lowest BCUT2D eigenvalue weighted by Crippen LogP contribution is -2.47. The van der Waals surface area contributed by atoms with Crippen molar-refractivity contribution in [3.63, 3.8) is 0 Å². The van der Waals surface area contributed by atoms with E-state index in [4.69, 9.17) is 9.47 Å². The fourth-order valence-electron chi connectivity index (χ4n) is 3.55. The number of benzene rings is 1. The van der Waals surface area contributed by atoms with E-state index in [-0.39, 0.29) is 23.9 Å². The van der Waals surface area contributed by atoms with Crippen molar-refractivity contribution in [2.45, 2.75) is 37.7 Å². The number of nitrogens with zero attached hydrogens (tertiary/aromatic N) is 2. The smallest absolute Gasteiger partial charge is 0.309 e. The minimum atomic E-state index is -3.57. The van der Waals surface area contributed by atoms with Crippen molar-refractivity contribution in [2.75, 3.05) is 39.4 Å². The van der Waals surface area contributed by atoms with Crippen LogP contribution in [0.5, 0.6) is 0 Å². The predicted molar refractivity (Wildman–Crippen MR) is 106 cm³/mol. The van der Waals surface area contributed by atoms with Gasteiger partial charge in [-0.1, -0.05) is 17.7 Å². The number of esters is 1. The number of morpholine rings is 1. The maximum Gasteiger partial charge on any atom is 0.309 e. The molecular formula is C20H28N2O6S. The van der Waals surface area contributed by atoms with Crippen LogP contribution in [0.4, 0.5) is 0 Å². The summed E-state index contributed by atoms with van der Waals surface area (Å²) in [4.78, 5) is 26.8. The highest BCUT2D eigenvalue weighted by Crippen LogP contribution is 2.25. The number of ether oxygens (including phenoxy) is 2. The third-order valence-corrected chi connectivity index (χ3v) is 7.32. The molecule has 1 atom stereocenters. The molecule has 8 nitrogen and oxygen atoms in total. The standard InChI is InChI=1S/C20H28N2O6S/c1-15-3-5-18(6-4-15)29(25,26)22-9-7-17(8-10-22)20(24)28-16(2)19(23)21-11-13-27-14-12-21/h3-6,16-17H,7-14H2,1-2H3/t16-/m0/s1. The molecule has 0 saturated carbocycles. The van der Waals surface area contributed by atoms with Crippen molar-refractivity contribution in [2.24, 2.45) is 5.92 Å². The van der Waals surface area contributed by atoms with Gasteiger partial charge in [-0.3, -0.25) is 9.59 Å². The molecule has 1 aromatic carbocycles. The van der Waals surface area contributed by atoms with E-state index in [0.717, 1.165) is 5.56 Å². The number of carbonyl (C=O) groups is 2. The van der Waals surface area contributed by atoms with E-state index >= 15 is 0 Å². The molecule has 2 aliphatic heterocycles. The summed E-state index contributed by atoms with van der Waals surface area (Å²) < 4.78 is 37.5. The van der Waals surface area contributed by atoms with Crippen molar-refractivity contribution < 1.29 is 27.5 Å². The van der Waals surface area contributed by atoms with Gasteiger partial charge in [0, 0.05) is 26.2 Å². The van der Waals surface area contributed by atoms with Crippen LogP contribution in [0.2, 0.25) is 0 Å². The molecule has 0 radical (unpaired) electrons. The monoisotopic (exact) mass is 424 g/mol. The second kappa shape index (κ2) is 9.23. The first kappa shape index (κ1) is 21.7. The van der Waals surface area contributed by atoms with Crippen LogP contribution in [0.15, 0.2) is 29.2 Å². The van der Waals surface area contributed by atoms with Gasteiger partial charge in [-0.15, -0.1) is 0 Å². The van der Waals surface area contributed by atoms with Gasteiger partial charge in [0.1, 0.15) is 0 Å². The number of amides is 1. The number of aryl methyl sites for hydroxylation is 1. The highest BCUT2D eigenvalue weighted by atomic mass is 32.2. The van der Waals surface area contributed by atoms with Gasteiger partial charge in [0.05, 0.1) is 24.0 Å². The van der Waals surface area contributed by atoms with Crippen molar-refractivity contribution in [3.8, 4) is 0 Å². The number of piperidine rings is 1. The SMILES string of the molecule is Cc1ccc(S(=O)(=O)N2CCC(C(=O)O[C@@H](C)C(=O)N3CCOCC3)CC2)cc1. The van der Waals surface area contributed by atoms with Crippen LogP contribution >= 0.6 is 0 Å². The Morgan fingerprint density at radius 1 is 1.07 bits per heavy atom. The summed E-state index contributed by atoms with van der Waals surface area (Å²) in [6.45, 7) is 5.95. The molecule has 1 aromatic rings. The van der Waals surface area contributed by atoms with Gasteiger partial charge < -0.3 is 14.4 Å². The Labute approximate surface area is 171 Å². The van der Waals surface area contributed by atoms with E-state index in [0.29, 0.717) is 39.1 Å². The largest absolute Gasteiger partial charge is 0.452 e. The average Bonchev–Trinajstić information content (AvgIpc) is 2.74. The van der Waals surface area contributed by atoms with Gasteiger partial charge in [-0.25, -0.2) is 8.42 Å². The summed E-state index contributed by atoms with van der Waals surface area (Å²) in [5, 5.41) is 0. The molecule has 0 aliphatic carbocycles. The fourth-order valence-corrected chi connectivity index (χ4v) is 5.02. The minimum absolute atomic E-state index is 0.221. The quantitative estimate of drug-likeness (QED) is 0.659. The van der Waals surface area contributed by atoms with E-state index in [1.165, 1.54) is 4.31 Å². The zero-order valence-electron chi connectivity index (χ0n) is 16.9. The summed E-state index contributed by atoms with van der Waals surface area (Å²) >= 11 is 0. The average molecular weight is 425 g/mol. The van der Waals surface area contributed by atoms with Crippen LogP contribution in [-0.4, -0.2) is 75.0 Å². The molecule has 3 rings (SSSR count). The molecule has 9 heteroatoms. The first-order valence-electron chi connectivity index (χ1n) is 9.93. The Bertz CT molecular complexity index is 825. The first-order chi connectivity index (χ1) is 13.8. The normalized spacial score (nSPS) is 20.3. The molecule has 160 valence electrons. The molecule has 0 bridgehead atoms. The summed E-state index contributed by atoms with van der Waals surface area (Å²) in [7, 11) is -3.57. The van der Waals surface area contributed by atoms with Gasteiger partial charge in [-0.05, 0) is 38.8 Å². The lowest BCUT2D eigenvalue weighted by molar-refractivity contribution is -0.164. The third-order valence-electron chi connectivity index (χ3n) is 5.41. The number of rotatable bonds is 5. The number of hydrogen-bond donors (Lipinski definition) is 0. The molecular weight excluding hydrogens is 396 g/mol. The molecule has 0 N–H and O–H groups in total. The number of carbonyl (C=O) groups excluding carboxylic acids is 2. The number of sulfonamides is 1. The lowest BCUT2D eigenvalue weighted by Gasteiger charge is -2.32. The second-order valence-electron chi connectivity index (χ2n) is 7.51. The van der Waals surface area contributed by atoms with E-state index in [1.807, 2.05) is 6.92 Å². The summed E-state index contributed by atoms with van der Waals surface area (Å²) in [6.07, 6.45) is -0.0972. The van der Waals surface area contributed by atoms with Gasteiger partial charge in [-0.2, -0.15) is 4.31 Å². The van der Waals surface area contributed by atoms with Gasteiger partial charge in [0.25, 0.3) is 5.91 Å². The maximum atomic E-state index is 12.8. The Morgan fingerprint density at radius 2 is 1.66 bits per heavy atom. The molecule has 2 fully saturated rings. The lowest BCUT2D eigenvalue weighted by atomic mass is 9.98. The van der Waals surface area contributed by atoms with E-state index in [2.05, 4.69) is 0 Å². The van der Waals surface area contributed by atoms with E-state index in [1.54, 1.807) is 36.1 Å². The van der Waals surface area contributed by atoms with Crippen molar-refractivity contribution >= 4 is 21.9 Å². The Hall–Kier alpha value is -1.97. The van der Waals surface area contributed by atoms with Crippen LogP contribution in [0.3, 0.4) is 0 Å². The van der Waals surface area contributed by atoms with E-state index < -0.39 is 28.0 Å². The van der Waals surface area contributed by atoms with E-state index in [9.17, 15) is 18.0 Å². The van der Waals surface area contributed by atoms with Crippen LogP contribution in [0.25, 0.3) is 0 Å². The summed E-state index contributed by atoms with van der Waals surface area (Å²) in [6, 6.07) is 6.74. The van der Waals surface area contributed by atoms with Crippen LogP contribution in [0.1, 0.15) is 25.3 Å². The molecule has 2 heterocycles. The van der Waals surface area contributed by atoms with Crippen LogP contribution in [-0.2, 0) is 29.1 Å². The molecule has 29 heavy (non-hydrogen) atoms. The molecule has 0 spiro atoms. The zero-order valence-corrected chi connectivity index (χ0v) is 17.7. The van der Waals surface area contributed by atoms with Crippen molar-refractivity contribution in [3.05, 3.63) is 29.8 Å². The Balaban J connectivity index is 1.52. The maximum absolute atomic E-state index is 12.8. The van der Waals surface area contributed by atoms with Crippen molar-refractivity contribution in [1.82, 2.24) is 9.21 Å². The Morgan fingerprint density at radius 3 is 2.24 bits per heavy atom. The highest BCUT2D eigenvalue weighted by Gasteiger charge is 2.34. The molecule has 0 aromatic heterocycles.